The van der Waals surface area contributed by atoms with Crippen molar-refractivity contribution >= 4 is 0 Å². The molecule has 1 unspecified atom stereocenters. The van der Waals surface area contributed by atoms with E-state index in [4.69, 9.17) is 18.7 Å². The number of aryl methyl sites for hydroxylation is 1. The zero-order chi connectivity index (χ0) is 16.0. The van der Waals surface area contributed by atoms with Crippen LogP contribution in [-0.4, -0.2) is 32.7 Å². The summed E-state index contributed by atoms with van der Waals surface area (Å²) in [5, 5.41) is 4.16. The molecule has 2 atom stereocenters. The zero-order valence-electron chi connectivity index (χ0n) is 13.6. The Hall–Kier alpha value is -2.21. The molecule has 6 heteroatoms. The minimum absolute atomic E-state index is 0.254. The first-order valence-corrected chi connectivity index (χ1v) is 7.91. The first kappa shape index (κ1) is 14.4. The minimum atomic E-state index is 0.254. The molecule has 0 spiro atoms. The Morgan fingerprint density at radius 2 is 2.22 bits per heavy atom. The number of aromatic nitrogens is 1. The molecule has 1 aromatic carbocycles. The summed E-state index contributed by atoms with van der Waals surface area (Å²) < 4.78 is 22.1. The Bertz CT molecular complexity index is 740. The van der Waals surface area contributed by atoms with Gasteiger partial charge < -0.3 is 23.6 Å². The molecule has 122 valence electrons. The second kappa shape index (κ2) is 5.45. The number of benzene rings is 1. The van der Waals surface area contributed by atoms with Gasteiger partial charge in [-0.3, -0.25) is 0 Å². The molecule has 0 saturated carbocycles. The molecule has 2 aliphatic rings. The van der Waals surface area contributed by atoms with Crippen LogP contribution in [0.25, 0.3) is 0 Å². The fraction of sp³-hybridized carbons (Fsp3) is 0.471. The number of methoxy groups -OCH3 is 1. The first-order chi connectivity index (χ1) is 11.2. The average Bonchev–Trinajstić information content (AvgIpc) is 3.16. The molecule has 0 bridgehead atoms. The van der Waals surface area contributed by atoms with E-state index in [1.54, 1.807) is 7.11 Å². The third-order valence-corrected chi connectivity index (χ3v) is 4.77. The van der Waals surface area contributed by atoms with Crippen LogP contribution in [0, 0.1) is 6.92 Å². The van der Waals surface area contributed by atoms with Crippen LogP contribution >= 0.6 is 0 Å². The van der Waals surface area contributed by atoms with E-state index < -0.39 is 0 Å². The lowest BCUT2D eigenvalue weighted by Gasteiger charge is -2.32. The van der Waals surface area contributed by atoms with Crippen molar-refractivity contribution < 1.29 is 23.6 Å². The van der Waals surface area contributed by atoms with Crippen molar-refractivity contribution in [2.75, 3.05) is 27.5 Å². The third-order valence-electron chi connectivity index (χ3n) is 4.77. The fourth-order valence-corrected chi connectivity index (χ4v) is 3.62. The predicted molar refractivity (Wildman–Crippen MR) is 82.3 cm³/mol. The zero-order valence-corrected chi connectivity index (χ0v) is 13.6. The van der Waals surface area contributed by atoms with Gasteiger partial charge in [0.2, 0.25) is 12.5 Å². The molecule has 2 aliphatic heterocycles. The van der Waals surface area contributed by atoms with Gasteiger partial charge in [0.25, 0.3) is 0 Å². The lowest BCUT2D eigenvalue weighted by molar-refractivity contribution is -0.914. The summed E-state index contributed by atoms with van der Waals surface area (Å²) in [6.07, 6.45) is 1.81. The quantitative estimate of drug-likeness (QED) is 0.918. The SMILES string of the molecule is COc1c2c(cc3c1[C@@H](Cc1cc(C)on1)[NH+](C)CC3)OCO2. The van der Waals surface area contributed by atoms with Gasteiger partial charge in [-0.25, -0.2) is 0 Å². The lowest BCUT2D eigenvalue weighted by atomic mass is 9.88. The molecule has 0 radical (unpaired) electrons. The number of likely N-dealkylation sites (N-methyl/N-ethyl adjacent to an activating group) is 1. The van der Waals surface area contributed by atoms with Crippen LogP contribution in [0.2, 0.25) is 0 Å². The summed E-state index contributed by atoms with van der Waals surface area (Å²) in [4.78, 5) is 1.44. The molecule has 0 saturated heterocycles. The third kappa shape index (κ3) is 2.34. The molecule has 0 fully saturated rings. The molecule has 2 aromatic rings. The van der Waals surface area contributed by atoms with E-state index in [0.29, 0.717) is 0 Å². The van der Waals surface area contributed by atoms with E-state index in [-0.39, 0.29) is 12.8 Å². The standard InChI is InChI=1S/C17H20N2O4/c1-10-6-12(18-23-10)8-13-15-11(4-5-19(13)2)7-14-16(17(15)20-3)22-9-21-14/h6-7,13H,4-5,8-9H2,1-3H3/p+1/t13-/m1/s1. The molecule has 1 aromatic heterocycles. The summed E-state index contributed by atoms with van der Waals surface area (Å²) in [6.45, 7) is 3.24. The van der Waals surface area contributed by atoms with Crippen molar-refractivity contribution in [2.24, 2.45) is 0 Å². The van der Waals surface area contributed by atoms with Gasteiger partial charge in [-0.15, -0.1) is 0 Å². The Labute approximate surface area is 134 Å². The van der Waals surface area contributed by atoms with Crippen LogP contribution < -0.4 is 19.1 Å². The number of quaternary nitrogens is 1. The van der Waals surface area contributed by atoms with Gasteiger partial charge in [-0.1, -0.05) is 5.16 Å². The maximum atomic E-state index is 5.71. The average molecular weight is 317 g/mol. The van der Waals surface area contributed by atoms with Crippen molar-refractivity contribution in [3.63, 3.8) is 0 Å². The van der Waals surface area contributed by atoms with E-state index in [9.17, 15) is 0 Å². The Morgan fingerprint density at radius 3 is 2.96 bits per heavy atom. The molecular formula is C17H21N2O4+. The van der Waals surface area contributed by atoms with Gasteiger partial charge >= 0.3 is 0 Å². The van der Waals surface area contributed by atoms with Gasteiger partial charge in [0.1, 0.15) is 11.8 Å². The van der Waals surface area contributed by atoms with Gasteiger partial charge in [0, 0.05) is 12.5 Å². The second-order valence-electron chi connectivity index (χ2n) is 6.25. The van der Waals surface area contributed by atoms with E-state index in [0.717, 1.165) is 48.1 Å². The number of nitrogens with zero attached hydrogens (tertiary/aromatic N) is 1. The Kier molecular flexibility index (Phi) is 3.41. The minimum Gasteiger partial charge on any atom is -0.492 e. The van der Waals surface area contributed by atoms with Crippen LogP contribution in [0.3, 0.4) is 0 Å². The van der Waals surface area contributed by atoms with Gasteiger partial charge in [-0.2, -0.15) is 0 Å². The summed E-state index contributed by atoms with van der Waals surface area (Å²) in [7, 11) is 3.91. The number of hydrogen-bond donors (Lipinski definition) is 1. The Balaban J connectivity index is 1.80. The predicted octanol–water partition coefficient (Wildman–Crippen LogP) is 1.07. The van der Waals surface area contributed by atoms with Crippen LogP contribution in [0.15, 0.2) is 16.7 Å². The molecule has 1 N–H and O–H groups in total. The van der Waals surface area contributed by atoms with Gasteiger partial charge in [0.05, 0.1) is 38.4 Å². The summed E-state index contributed by atoms with van der Waals surface area (Å²) >= 11 is 0. The molecular weight excluding hydrogens is 296 g/mol. The molecule has 23 heavy (non-hydrogen) atoms. The molecule has 3 heterocycles. The molecule has 4 rings (SSSR count). The monoisotopic (exact) mass is 317 g/mol. The van der Waals surface area contributed by atoms with Crippen molar-refractivity contribution in [3.05, 3.63) is 34.7 Å². The maximum Gasteiger partial charge on any atom is 0.231 e. The number of rotatable bonds is 3. The second-order valence-corrected chi connectivity index (χ2v) is 6.25. The fourth-order valence-electron chi connectivity index (χ4n) is 3.62. The number of fused-ring (bicyclic) bond motifs is 2. The van der Waals surface area contributed by atoms with Crippen molar-refractivity contribution in [2.45, 2.75) is 25.8 Å². The number of hydrogen-bond acceptors (Lipinski definition) is 5. The highest BCUT2D eigenvalue weighted by molar-refractivity contribution is 5.61. The van der Waals surface area contributed by atoms with E-state index in [1.807, 2.05) is 13.0 Å². The molecule has 6 nitrogen and oxygen atoms in total. The van der Waals surface area contributed by atoms with E-state index >= 15 is 0 Å². The van der Waals surface area contributed by atoms with Crippen LogP contribution in [-0.2, 0) is 12.8 Å². The highest BCUT2D eigenvalue weighted by atomic mass is 16.7. The van der Waals surface area contributed by atoms with Crippen molar-refractivity contribution in [1.82, 2.24) is 5.16 Å². The van der Waals surface area contributed by atoms with Crippen molar-refractivity contribution in [1.29, 1.82) is 0 Å². The highest BCUT2D eigenvalue weighted by Gasteiger charge is 2.36. The summed E-state index contributed by atoms with van der Waals surface area (Å²) in [5.74, 6) is 3.16. The topological polar surface area (TPSA) is 58.2 Å². The molecule has 0 amide bonds. The lowest BCUT2D eigenvalue weighted by Crippen LogP contribution is -3.10. The molecule has 0 aliphatic carbocycles. The maximum absolute atomic E-state index is 5.71. The summed E-state index contributed by atoms with van der Waals surface area (Å²) in [6, 6.07) is 4.36. The number of nitrogens with one attached hydrogen (secondary N) is 1. The van der Waals surface area contributed by atoms with Gasteiger partial charge in [0.15, 0.2) is 11.5 Å². The normalized spacial score (nSPS) is 22.0. The Morgan fingerprint density at radius 1 is 1.35 bits per heavy atom. The van der Waals surface area contributed by atoms with Crippen LogP contribution in [0.5, 0.6) is 17.2 Å². The van der Waals surface area contributed by atoms with Crippen LogP contribution in [0.4, 0.5) is 0 Å². The van der Waals surface area contributed by atoms with Crippen LogP contribution in [0.1, 0.15) is 28.6 Å². The van der Waals surface area contributed by atoms with Gasteiger partial charge in [-0.05, 0) is 18.6 Å². The highest BCUT2D eigenvalue weighted by Crippen LogP contribution is 2.47. The smallest absolute Gasteiger partial charge is 0.231 e. The largest absolute Gasteiger partial charge is 0.492 e. The summed E-state index contributed by atoms with van der Waals surface area (Å²) in [5.41, 5.74) is 3.46. The van der Waals surface area contributed by atoms with E-state index in [1.165, 1.54) is 16.0 Å². The number of ether oxygens (including phenoxy) is 3. The van der Waals surface area contributed by atoms with E-state index in [2.05, 4.69) is 18.3 Å². The first-order valence-electron chi connectivity index (χ1n) is 7.91. The van der Waals surface area contributed by atoms with Crippen molar-refractivity contribution in [3.8, 4) is 17.2 Å².